The molecule has 0 aliphatic carbocycles. The van der Waals surface area contributed by atoms with E-state index in [9.17, 15) is 0 Å². The Hall–Kier alpha value is -2.80. The number of para-hydroxylation sites is 2. The fourth-order valence-corrected chi connectivity index (χ4v) is 4.89. The smallest absolute Gasteiger partial charge is 0.491 e. The number of aryl methyl sites for hydroxylation is 1. The predicted molar refractivity (Wildman–Crippen MR) is 160 cm³/mol. The number of hydrogen-bond donors (Lipinski definition) is 0. The maximum Gasteiger partial charge on any atom is 0.494 e. The van der Waals surface area contributed by atoms with E-state index in [0.717, 1.165) is 36.6 Å². The highest BCUT2D eigenvalue weighted by Crippen LogP contribution is 2.17. The molecular formula is C33H44BNO4. The zero-order valence-corrected chi connectivity index (χ0v) is 23.7. The van der Waals surface area contributed by atoms with Crippen molar-refractivity contribution >= 4 is 12.6 Å². The number of benzene rings is 3. The van der Waals surface area contributed by atoms with Crippen molar-refractivity contribution in [3.05, 3.63) is 90.5 Å². The van der Waals surface area contributed by atoms with Crippen LogP contribution in [0.1, 0.15) is 51.0 Å². The summed E-state index contributed by atoms with van der Waals surface area (Å²) in [6, 6.07) is 28.3. The lowest BCUT2D eigenvalue weighted by Crippen LogP contribution is -2.54. The minimum atomic E-state index is -0.490. The van der Waals surface area contributed by atoms with Crippen LogP contribution in [0.25, 0.3) is 0 Å². The first-order valence-electron chi connectivity index (χ1n) is 14.6. The Morgan fingerprint density at radius 1 is 0.692 bits per heavy atom. The standard InChI is InChI=1S/C33H44BNO4/c1-3-4-5-6-7-14-23-35-24-32(26-36-30-15-10-8-11-16-30)38-34(29-21-19-28(2)20-22-29)39-33(25-35)27-37-31-17-12-9-13-18-31/h8-13,15-22,32-33H,3-7,14,23-27H2,1-2H3. The summed E-state index contributed by atoms with van der Waals surface area (Å²) in [4.78, 5) is 2.48. The third-order valence-electron chi connectivity index (χ3n) is 7.09. The summed E-state index contributed by atoms with van der Waals surface area (Å²) in [6.45, 7) is 7.88. The van der Waals surface area contributed by atoms with E-state index in [-0.39, 0.29) is 12.2 Å². The topological polar surface area (TPSA) is 40.2 Å². The average molecular weight is 530 g/mol. The van der Waals surface area contributed by atoms with Crippen LogP contribution in [0.2, 0.25) is 0 Å². The van der Waals surface area contributed by atoms with E-state index in [4.69, 9.17) is 18.8 Å². The van der Waals surface area contributed by atoms with Crippen LogP contribution in [0.3, 0.4) is 0 Å². The molecule has 0 N–H and O–H groups in total. The molecule has 0 saturated carbocycles. The largest absolute Gasteiger partial charge is 0.494 e. The van der Waals surface area contributed by atoms with Gasteiger partial charge in [0.2, 0.25) is 0 Å². The van der Waals surface area contributed by atoms with Crippen LogP contribution in [0.5, 0.6) is 11.5 Å². The fraction of sp³-hybridized carbons (Fsp3) is 0.455. The van der Waals surface area contributed by atoms with Gasteiger partial charge in [0.05, 0.1) is 12.2 Å². The van der Waals surface area contributed by atoms with Gasteiger partial charge in [0.25, 0.3) is 0 Å². The maximum absolute atomic E-state index is 6.67. The molecule has 1 aliphatic heterocycles. The van der Waals surface area contributed by atoms with Crippen molar-refractivity contribution in [2.75, 3.05) is 32.8 Å². The Kier molecular flexibility index (Phi) is 12.2. The van der Waals surface area contributed by atoms with E-state index in [2.05, 4.69) is 43.0 Å². The third kappa shape index (κ3) is 10.4. The quantitative estimate of drug-likeness (QED) is 0.181. The van der Waals surface area contributed by atoms with E-state index >= 15 is 0 Å². The van der Waals surface area contributed by atoms with Crippen LogP contribution in [0.4, 0.5) is 0 Å². The van der Waals surface area contributed by atoms with Crippen LogP contribution < -0.4 is 14.9 Å². The summed E-state index contributed by atoms with van der Waals surface area (Å²) in [5.74, 6) is 1.71. The van der Waals surface area contributed by atoms with Gasteiger partial charge in [-0.3, -0.25) is 4.90 Å². The van der Waals surface area contributed by atoms with Gasteiger partial charge in [-0.2, -0.15) is 0 Å². The zero-order valence-electron chi connectivity index (χ0n) is 23.7. The SMILES string of the molecule is CCCCCCCCN1CC(COc2ccccc2)OB(c2ccc(C)cc2)OC(COc2ccccc2)C1. The molecule has 0 bridgehead atoms. The molecule has 4 rings (SSSR count). The molecular weight excluding hydrogens is 485 g/mol. The molecule has 3 aromatic carbocycles. The zero-order chi connectivity index (χ0) is 27.1. The maximum atomic E-state index is 6.67. The van der Waals surface area contributed by atoms with E-state index in [1.165, 1.54) is 44.1 Å². The Morgan fingerprint density at radius 2 is 1.21 bits per heavy atom. The second-order valence-corrected chi connectivity index (χ2v) is 10.5. The van der Waals surface area contributed by atoms with Gasteiger partial charge in [-0.1, -0.05) is 105 Å². The molecule has 1 heterocycles. The minimum Gasteiger partial charge on any atom is -0.491 e. The van der Waals surface area contributed by atoms with Gasteiger partial charge < -0.3 is 18.8 Å². The molecule has 2 unspecified atom stereocenters. The summed E-state index contributed by atoms with van der Waals surface area (Å²) in [7, 11) is -0.490. The molecule has 3 aromatic rings. The van der Waals surface area contributed by atoms with Crippen molar-refractivity contribution in [2.24, 2.45) is 0 Å². The van der Waals surface area contributed by atoms with Crippen molar-refractivity contribution in [2.45, 2.75) is 64.6 Å². The Morgan fingerprint density at radius 3 is 1.74 bits per heavy atom. The van der Waals surface area contributed by atoms with Crippen molar-refractivity contribution in [3.63, 3.8) is 0 Å². The number of unbranched alkanes of at least 4 members (excludes halogenated alkanes) is 5. The molecule has 0 radical (unpaired) electrons. The molecule has 1 fully saturated rings. The summed E-state index contributed by atoms with van der Waals surface area (Å²) < 4.78 is 25.7. The Balaban J connectivity index is 1.47. The first kappa shape index (κ1) is 29.2. The minimum absolute atomic E-state index is 0.132. The van der Waals surface area contributed by atoms with Gasteiger partial charge in [-0.05, 0) is 49.6 Å². The van der Waals surface area contributed by atoms with Gasteiger partial charge >= 0.3 is 7.12 Å². The van der Waals surface area contributed by atoms with Crippen molar-refractivity contribution in [1.82, 2.24) is 4.90 Å². The highest BCUT2D eigenvalue weighted by atomic mass is 16.6. The van der Waals surface area contributed by atoms with Crippen LogP contribution >= 0.6 is 0 Å². The third-order valence-corrected chi connectivity index (χ3v) is 7.09. The highest BCUT2D eigenvalue weighted by molar-refractivity contribution is 6.61. The van der Waals surface area contributed by atoms with E-state index < -0.39 is 7.12 Å². The summed E-state index contributed by atoms with van der Waals surface area (Å²) in [5, 5.41) is 0. The molecule has 6 heteroatoms. The second kappa shape index (κ2) is 16.3. The molecule has 1 aliphatic rings. The molecule has 0 aromatic heterocycles. The van der Waals surface area contributed by atoms with Gasteiger partial charge in [0.15, 0.2) is 0 Å². The van der Waals surface area contributed by atoms with Gasteiger partial charge in [0.1, 0.15) is 24.7 Å². The lowest BCUT2D eigenvalue weighted by molar-refractivity contribution is -0.00453. The highest BCUT2D eigenvalue weighted by Gasteiger charge is 2.34. The van der Waals surface area contributed by atoms with Crippen molar-refractivity contribution in [3.8, 4) is 11.5 Å². The second-order valence-electron chi connectivity index (χ2n) is 10.5. The number of ether oxygens (including phenoxy) is 2. The monoisotopic (exact) mass is 529 g/mol. The molecule has 0 amide bonds. The summed E-state index contributed by atoms with van der Waals surface area (Å²) in [5.41, 5.74) is 2.22. The molecule has 39 heavy (non-hydrogen) atoms. The molecule has 1 saturated heterocycles. The van der Waals surface area contributed by atoms with E-state index in [1.54, 1.807) is 0 Å². The summed E-state index contributed by atoms with van der Waals surface area (Å²) >= 11 is 0. The number of nitrogens with zero attached hydrogens (tertiary/aromatic N) is 1. The Bertz CT molecular complexity index is 995. The first-order chi connectivity index (χ1) is 19.2. The molecule has 208 valence electrons. The lowest BCUT2D eigenvalue weighted by Gasteiger charge is -2.36. The van der Waals surface area contributed by atoms with E-state index in [1.807, 2.05) is 60.7 Å². The first-order valence-corrected chi connectivity index (χ1v) is 14.6. The van der Waals surface area contributed by atoms with Crippen LogP contribution in [0.15, 0.2) is 84.9 Å². The predicted octanol–water partition coefficient (Wildman–Crippen LogP) is 6.29. The van der Waals surface area contributed by atoms with E-state index in [0.29, 0.717) is 13.2 Å². The van der Waals surface area contributed by atoms with Crippen molar-refractivity contribution in [1.29, 1.82) is 0 Å². The van der Waals surface area contributed by atoms with Gasteiger partial charge in [0, 0.05) is 13.1 Å². The number of rotatable bonds is 14. The lowest BCUT2D eigenvalue weighted by atomic mass is 9.77. The normalized spacial score (nSPS) is 18.4. The summed E-state index contributed by atoms with van der Waals surface area (Å²) in [6.07, 6.45) is 7.37. The van der Waals surface area contributed by atoms with Crippen LogP contribution in [-0.2, 0) is 9.31 Å². The number of hydrogen-bond acceptors (Lipinski definition) is 5. The van der Waals surface area contributed by atoms with Crippen LogP contribution in [-0.4, -0.2) is 57.1 Å². The molecule has 5 nitrogen and oxygen atoms in total. The fourth-order valence-electron chi connectivity index (χ4n) is 4.89. The molecule has 2 atom stereocenters. The Labute approximate surface area is 235 Å². The van der Waals surface area contributed by atoms with Crippen LogP contribution in [0, 0.1) is 6.92 Å². The van der Waals surface area contributed by atoms with Crippen molar-refractivity contribution < 1.29 is 18.8 Å². The van der Waals surface area contributed by atoms with Gasteiger partial charge in [-0.15, -0.1) is 0 Å². The van der Waals surface area contributed by atoms with Gasteiger partial charge in [-0.25, -0.2) is 0 Å². The average Bonchev–Trinajstić information content (AvgIpc) is 2.96. The molecule has 0 spiro atoms.